The largest absolute Gasteiger partial charge is 0.392 e. The van der Waals surface area contributed by atoms with Crippen LogP contribution < -0.4 is 16.4 Å². The van der Waals surface area contributed by atoms with Gasteiger partial charge in [-0.15, -0.1) is 0 Å². The number of carbonyl (C=O) groups is 2. The Morgan fingerprint density at radius 1 is 1.30 bits per heavy atom. The van der Waals surface area contributed by atoms with Gasteiger partial charge in [0.05, 0.1) is 11.5 Å². The second-order valence-electron chi connectivity index (χ2n) is 4.35. The van der Waals surface area contributed by atoms with Crippen LogP contribution in [0.3, 0.4) is 0 Å². The van der Waals surface area contributed by atoms with Gasteiger partial charge in [-0.05, 0) is 31.0 Å². The Bertz CT molecular complexity index is 505. The minimum Gasteiger partial charge on any atom is -0.392 e. The number of nitrogens with two attached hydrogens (primary N) is 1. The SMILES string of the molecule is CC(Cc1ccc(F)cc1)NC(=O)C(=O)NCC(N)=S. The quantitative estimate of drug-likeness (QED) is 0.538. The van der Waals surface area contributed by atoms with Gasteiger partial charge in [0.2, 0.25) is 0 Å². The average molecular weight is 297 g/mol. The molecule has 1 unspecified atom stereocenters. The fourth-order valence-electron chi connectivity index (χ4n) is 1.56. The molecule has 20 heavy (non-hydrogen) atoms. The molecule has 0 aliphatic heterocycles. The molecular formula is C13H16FN3O2S. The predicted octanol–water partition coefficient (Wildman–Crippen LogP) is 0.275. The fourth-order valence-corrected chi connectivity index (χ4v) is 1.63. The highest BCUT2D eigenvalue weighted by atomic mass is 32.1. The van der Waals surface area contributed by atoms with Gasteiger partial charge in [-0.1, -0.05) is 24.4 Å². The van der Waals surface area contributed by atoms with Gasteiger partial charge in [0.15, 0.2) is 0 Å². The molecule has 0 saturated carbocycles. The van der Waals surface area contributed by atoms with Crippen LogP contribution >= 0.6 is 12.2 Å². The summed E-state index contributed by atoms with van der Waals surface area (Å²) in [6, 6.07) is 5.69. The zero-order valence-corrected chi connectivity index (χ0v) is 11.8. The Kier molecular flexibility index (Phi) is 6.05. The molecule has 108 valence electrons. The van der Waals surface area contributed by atoms with E-state index in [4.69, 9.17) is 5.73 Å². The van der Waals surface area contributed by atoms with Crippen molar-refractivity contribution in [3.8, 4) is 0 Å². The van der Waals surface area contributed by atoms with Gasteiger partial charge in [0.25, 0.3) is 0 Å². The minimum absolute atomic E-state index is 0.0199. The number of benzene rings is 1. The third kappa shape index (κ3) is 5.75. The van der Waals surface area contributed by atoms with Gasteiger partial charge in [-0.3, -0.25) is 9.59 Å². The van der Waals surface area contributed by atoms with Crippen molar-refractivity contribution in [1.29, 1.82) is 0 Å². The molecule has 0 saturated heterocycles. The van der Waals surface area contributed by atoms with Gasteiger partial charge < -0.3 is 16.4 Å². The van der Waals surface area contributed by atoms with Crippen molar-refractivity contribution in [3.05, 3.63) is 35.6 Å². The molecule has 0 heterocycles. The first kappa shape index (κ1) is 16.0. The molecule has 2 amide bonds. The first-order chi connectivity index (χ1) is 9.38. The van der Waals surface area contributed by atoms with E-state index in [1.54, 1.807) is 19.1 Å². The second kappa shape index (κ2) is 7.54. The number of halogens is 1. The van der Waals surface area contributed by atoms with E-state index in [1.807, 2.05) is 0 Å². The van der Waals surface area contributed by atoms with E-state index in [-0.39, 0.29) is 23.4 Å². The monoisotopic (exact) mass is 297 g/mol. The second-order valence-corrected chi connectivity index (χ2v) is 4.88. The molecule has 0 aromatic heterocycles. The number of thiocarbonyl (C=S) groups is 1. The van der Waals surface area contributed by atoms with Crippen LogP contribution in [-0.2, 0) is 16.0 Å². The zero-order valence-electron chi connectivity index (χ0n) is 11.0. The minimum atomic E-state index is -0.788. The third-order valence-electron chi connectivity index (χ3n) is 2.46. The summed E-state index contributed by atoms with van der Waals surface area (Å²) in [5, 5.41) is 4.83. The van der Waals surface area contributed by atoms with Crippen LogP contribution in [0.4, 0.5) is 4.39 Å². The molecule has 5 nitrogen and oxygen atoms in total. The number of hydrogen-bond donors (Lipinski definition) is 3. The standard InChI is InChI=1S/C13H16FN3O2S/c1-8(6-9-2-4-10(14)5-3-9)17-13(19)12(18)16-7-11(15)20/h2-5,8H,6-7H2,1H3,(H2,15,20)(H,16,18)(H,17,19). The van der Waals surface area contributed by atoms with Crippen LogP contribution in [0.25, 0.3) is 0 Å². The van der Waals surface area contributed by atoms with Crippen molar-refractivity contribution in [2.45, 2.75) is 19.4 Å². The van der Waals surface area contributed by atoms with E-state index >= 15 is 0 Å². The maximum absolute atomic E-state index is 12.7. The summed E-state index contributed by atoms with van der Waals surface area (Å²) in [6.07, 6.45) is 0.495. The Morgan fingerprint density at radius 2 is 1.90 bits per heavy atom. The summed E-state index contributed by atoms with van der Waals surface area (Å²) in [5.41, 5.74) is 6.07. The Balaban J connectivity index is 2.43. The van der Waals surface area contributed by atoms with Gasteiger partial charge in [-0.2, -0.15) is 0 Å². The highest BCUT2D eigenvalue weighted by Crippen LogP contribution is 2.05. The molecule has 0 aliphatic rings. The molecule has 7 heteroatoms. The highest BCUT2D eigenvalue weighted by Gasteiger charge is 2.16. The van der Waals surface area contributed by atoms with Gasteiger partial charge in [0.1, 0.15) is 5.82 Å². The molecule has 0 aliphatic carbocycles. The maximum atomic E-state index is 12.7. The average Bonchev–Trinajstić information content (AvgIpc) is 2.38. The summed E-state index contributed by atoms with van der Waals surface area (Å²) in [4.78, 5) is 23.0. The third-order valence-corrected chi connectivity index (χ3v) is 2.61. The lowest BCUT2D eigenvalue weighted by atomic mass is 10.1. The molecule has 0 radical (unpaired) electrons. The lowest BCUT2D eigenvalue weighted by Crippen LogP contribution is -2.46. The molecule has 1 rings (SSSR count). The van der Waals surface area contributed by atoms with Crippen molar-refractivity contribution in [3.63, 3.8) is 0 Å². The number of hydrogen-bond acceptors (Lipinski definition) is 3. The van der Waals surface area contributed by atoms with E-state index in [0.717, 1.165) is 5.56 Å². The molecule has 0 spiro atoms. The number of carbonyl (C=O) groups excluding carboxylic acids is 2. The summed E-state index contributed by atoms with van der Waals surface area (Å²) in [5.74, 6) is -1.86. The Labute approximate surface area is 121 Å². The summed E-state index contributed by atoms with van der Waals surface area (Å²) in [6.45, 7) is 1.73. The van der Waals surface area contributed by atoms with Crippen molar-refractivity contribution >= 4 is 29.0 Å². The lowest BCUT2D eigenvalue weighted by Gasteiger charge is -2.13. The van der Waals surface area contributed by atoms with Crippen molar-refractivity contribution in [2.24, 2.45) is 5.73 Å². The molecule has 4 N–H and O–H groups in total. The van der Waals surface area contributed by atoms with Crippen LogP contribution in [0.5, 0.6) is 0 Å². The number of rotatable bonds is 5. The first-order valence-electron chi connectivity index (χ1n) is 6.00. The maximum Gasteiger partial charge on any atom is 0.309 e. The Hall–Kier alpha value is -2.02. The molecular weight excluding hydrogens is 281 g/mol. The van der Waals surface area contributed by atoms with Gasteiger partial charge in [0, 0.05) is 6.04 Å². The lowest BCUT2D eigenvalue weighted by molar-refractivity contribution is -0.139. The van der Waals surface area contributed by atoms with Gasteiger partial charge in [-0.25, -0.2) is 4.39 Å². The van der Waals surface area contributed by atoms with E-state index in [9.17, 15) is 14.0 Å². The van der Waals surface area contributed by atoms with Crippen LogP contribution in [0.2, 0.25) is 0 Å². The normalized spacial score (nSPS) is 11.5. The summed E-state index contributed by atoms with van der Waals surface area (Å²) in [7, 11) is 0. The topological polar surface area (TPSA) is 84.2 Å². The number of amides is 2. The highest BCUT2D eigenvalue weighted by molar-refractivity contribution is 7.80. The Morgan fingerprint density at radius 3 is 2.45 bits per heavy atom. The first-order valence-corrected chi connectivity index (χ1v) is 6.40. The van der Waals surface area contributed by atoms with E-state index in [1.165, 1.54) is 12.1 Å². The van der Waals surface area contributed by atoms with Crippen LogP contribution in [-0.4, -0.2) is 29.4 Å². The molecule has 1 aromatic carbocycles. The fraction of sp³-hybridized carbons (Fsp3) is 0.308. The van der Waals surface area contributed by atoms with E-state index < -0.39 is 11.8 Å². The molecule has 1 atom stereocenters. The molecule has 0 fully saturated rings. The van der Waals surface area contributed by atoms with Crippen molar-refractivity contribution in [1.82, 2.24) is 10.6 Å². The zero-order chi connectivity index (χ0) is 15.1. The predicted molar refractivity (Wildman–Crippen MR) is 77.5 cm³/mol. The van der Waals surface area contributed by atoms with Crippen LogP contribution in [0.15, 0.2) is 24.3 Å². The number of nitrogens with one attached hydrogen (secondary N) is 2. The summed E-state index contributed by atoms with van der Waals surface area (Å²) < 4.78 is 12.7. The summed E-state index contributed by atoms with van der Waals surface area (Å²) >= 11 is 4.59. The van der Waals surface area contributed by atoms with Crippen LogP contribution in [0.1, 0.15) is 12.5 Å². The molecule has 0 bridgehead atoms. The smallest absolute Gasteiger partial charge is 0.309 e. The van der Waals surface area contributed by atoms with Crippen molar-refractivity contribution < 1.29 is 14.0 Å². The van der Waals surface area contributed by atoms with E-state index in [0.29, 0.717) is 6.42 Å². The van der Waals surface area contributed by atoms with Gasteiger partial charge >= 0.3 is 11.8 Å². The van der Waals surface area contributed by atoms with Crippen LogP contribution in [0, 0.1) is 5.82 Å². The van der Waals surface area contributed by atoms with Crippen molar-refractivity contribution in [2.75, 3.05) is 6.54 Å². The van der Waals surface area contributed by atoms with E-state index in [2.05, 4.69) is 22.9 Å². The molecule has 1 aromatic rings.